The van der Waals surface area contributed by atoms with Crippen molar-refractivity contribution in [2.75, 3.05) is 41.9 Å². The molecule has 1 unspecified atom stereocenters. The number of hydrogen-bond acceptors (Lipinski definition) is 8. The van der Waals surface area contributed by atoms with Gasteiger partial charge in [-0.05, 0) is 20.3 Å². The second-order valence-corrected chi connectivity index (χ2v) is 4.30. The molecule has 1 aromatic heterocycles. The molecule has 8 heteroatoms. The quantitative estimate of drug-likeness (QED) is 0.496. The van der Waals surface area contributed by atoms with Crippen LogP contribution in [0.4, 0.5) is 17.8 Å². The molecular formula is C11H21N7O. The summed E-state index contributed by atoms with van der Waals surface area (Å²) in [6.07, 6.45) is 0.956. The van der Waals surface area contributed by atoms with E-state index in [2.05, 4.69) is 39.5 Å². The molecule has 0 aromatic carbocycles. The zero-order valence-corrected chi connectivity index (χ0v) is 11.4. The van der Waals surface area contributed by atoms with E-state index in [4.69, 9.17) is 10.6 Å². The number of hydrogen-bond donors (Lipinski definition) is 3. The van der Waals surface area contributed by atoms with Gasteiger partial charge in [0.2, 0.25) is 17.8 Å². The molecule has 1 aliphatic rings. The number of hydrazine groups is 1. The van der Waals surface area contributed by atoms with Crippen LogP contribution in [0.25, 0.3) is 0 Å². The van der Waals surface area contributed by atoms with Crippen LogP contribution in [0.1, 0.15) is 20.3 Å². The summed E-state index contributed by atoms with van der Waals surface area (Å²) in [6, 6.07) is 0.248. The molecule has 106 valence electrons. The maximum absolute atomic E-state index is 5.41. The van der Waals surface area contributed by atoms with E-state index >= 15 is 0 Å². The van der Waals surface area contributed by atoms with Gasteiger partial charge in [-0.2, -0.15) is 15.0 Å². The lowest BCUT2D eigenvalue weighted by molar-refractivity contribution is 0.195. The van der Waals surface area contributed by atoms with Gasteiger partial charge in [-0.25, -0.2) is 5.84 Å². The highest BCUT2D eigenvalue weighted by Crippen LogP contribution is 2.15. The minimum absolute atomic E-state index is 0.248. The van der Waals surface area contributed by atoms with Crippen LogP contribution in [0.3, 0.4) is 0 Å². The van der Waals surface area contributed by atoms with Crippen molar-refractivity contribution in [3.05, 3.63) is 0 Å². The van der Waals surface area contributed by atoms with Gasteiger partial charge in [-0.15, -0.1) is 0 Å². The molecule has 2 rings (SSSR count). The first-order valence-electron chi connectivity index (χ1n) is 6.58. The number of anilines is 3. The van der Waals surface area contributed by atoms with Gasteiger partial charge in [-0.1, -0.05) is 0 Å². The first-order chi connectivity index (χ1) is 9.26. The van der Waals surface area contributed by atoms with Gasteiger partial charge in [0.05, 0.1) is 12.6 Å². The molecule has 0 radical (unpaired) electrons. The molecule has 0 saturated carbocycles. The van der Waals surface area contributed by atoms with Gasteiger partial charge in [0, 0.05) is 19.7 Å². The van der Waals surface area contributed by atoms with E-state index in [-0.39, 0.29) is 6.04 Å². The highest BCUT2D eigenvalue weighted by molar-refractivity contribution is 5.43. The third kappa shape index (κ3) is 3.42. The fourth-order valence-corrected chi connectivity index (χ4v) is 1.97. The minimum Gasteiger partial charge on any atom is -0.379 e. The Labute approximate surface area is 112 Å². The Morgan fingerprint density at radius 2 is 2.00 bits per heavy atom. The van der Waals surface area contributed by atoms with Crippen LogP contribution in [0.5, 0.6) is 0 Å². The average Bonchev–Trinajstić information content (AvgIpc) is 2.93. The van der Waals surface area contributed by atoms with E-state index in [1.54, 1.807) is 0 Å². The van der Waals surface area contributed by atoms with Crippen molar-refractivity contribution in [2.45, 2.75) is 26.3 Å². The molecule has 0 aliphatic carbocycles. The number of nitrogens with one attached hydrogen (secondary N) is 2. The lowest BCUT2D eigenvalue weighted by Crippen LogP contribution is -2.27. The van der Waals surface area contributed by atoms with E-state index in [0.717, 1.165) is 26.1 Å². The second-order valence-electron chi connectivity index (χ2n) is 4.30. The van der Waals surface area contributed by atoms with Crippen molar-refractivity contribution in [2.24, 2.45) is 5.84 Å². The Bertz CT molecular complexity index is 404. The second kappa shape index (κ2) is 6.48. The summed E-state index contributed by atoms with van der Waals surface area (Å²) in [5, 5.41) is 3.25. The Hall–Kier alpha value is -1.67. The third-order valence-electron chi connectivity index (χ3n) is 3.06. The molecule has 1 aromatic rings. The highest BCUT2D eigenvalue weighted by Gasteiger charge is 2.18. The summed E-state index contributed by atoms with van der Waals surface area (Å²) in [6.45, 7) is 7.22. The molecular weight excluding hydrogens is 246 g/mol. The average molecular weight is 267 g/mol. The number of nitrogen functional groups attached to an aromatic ring is 1. The predicted molar refractivity (Wildman–Crippen MR) is 74.0 cm³/mol. The molecule has 0 bridgehead atoms. The van der Waals surface area contributed by atoms with Crippen LogP contribution in [0.15, 0.2) is 0 Å². The van der Waals surface area contributed by atoms with Gasteiger partial charge < -0.3 is 15.0 Å². The van der Waals surface area contributed by atoms with Crippen LogP contribution in [0, 0.1) is 0 Å². The summed E-state index contributed by atoms with van der Waals surface area (Å²) in [5.74, 6) is 6.91. The number of nitrogens with two attached hydrogens (primary N) is 1. The van der Waals surface area contributed by atoms with Gasteiger partial charge in [0.15, 0.2) is 0 Å². The van der Waals surface area contributed by atoms with Gasteiger partial charge in [-0.3, -0.25) is 5.43 Å². The maximum Gasteiger partial charge on any atom is 0.243 e. The molecule has 1 fully saturated rings. The summed E-state index contributed by atoms with van der Waals surface area (Å²) >= 11 is 0. The molecule has 1 atom stereocenters. The molecule has 2 heterocycles. The van der Waals surface area contributed by atoms with Gasteiger partial charge in [0.1, 0.15) is 0 Å². The van der Waals surface area contributed by atoms with E-state index in [9.17, 15) is 0 Å². The largest absolute Gasteiger partial charge is 0.379 e. The number of aromatic nitrogens is 3. The molecule has 4 N–H and O–H groups in total. The fraction of sp³-hybridized carbons (Fsp3) is 0.727. The normalized spacial score (nSPS) is 18.4. The Kier molecular flexibility index (Phi) is 4.69. The molecule has 0 spiro atoms. The van der Waals surface area contributed by atoms with Gasteiger partial charge >= 0.3 is 0 Å². The Balaban J connectivity index is 2.19. The zero-order valence-electron chi connectivity index (χ0n) is 11.4. The lowest BCUT2D eigenvalue weighted by atomic mass is 10.3. The van der Waals surface area contributed by atoms with E-state index in [1.165, 1.54) is 0 Å². The minimum atomic E-state index is 0.248. The number of nitrogens with zero attached hydrogens (tertiary/aromatic N) is 4. The SMILES string of the molecule is CCN(CC)c1nc(NN)nc(NC2CCOC2)n1. The van der Waals surface area contributed by atoms with Crippen LogP contribution >= 0.6 is 0 Å². The molecule has 1 saturated heterocycles. The summed E-state index contributed by atoms with van der Waals surface area (Å²) in [4.78, 5) is 14.9. The topological polar surface area (TPSA) is 101 Å². The van der Waals surface area contributed by atoms with Crippen molar-refractivity contribution in [1.29, 1.82) is 0 Å². The van der Waals surface area contributed by atoms with Crippen LogP contribution in [0.2, 0.25) is 0 Å². The predicted octanol–water partition coefficient (Wildman–Crippen LogP) is 0.204. The first kappa shape index (κ1) is 13.8. The summed E-state index contributed by atoms with van der Waals surface area (Å²) in [7, 11) is 0. The van der Waals surface area contributed by atoms with Crippen molar-refractivity contribution >= 4 is 17.8 Å². The monoisotopic (exact) mass is 267 g/mol. The van der Waals surface area contributed by atoms with E-state index in [1.807, 2.05) is 4.90 Å². The standard InChI is InChI=1S/C11H21N7O/c1-3-18(4-2)11-15-9(14-10(16-11)17-12)13-8-5-6-19-7-8/h8H,3-7,12H2,1-2H3,(H2,13,14,15,16,17). The van der Waals surface area contributed by atoms with Crippen LogP contribution in [-0.2, 0) is 4.74 Å². The van der Waals surface area contributed by atoms with Crippen LogP contribution < -0.4 is 21.5 Å². The van der Waals surface area contributed by atoms with Crippen molar-refractivity contribution < 1.29 is 4.74 Å². The Morgan fingerprint density at radius 3 is 2.58 bits per heavy atom. The van der Waals surface area contributed by atoms with Crippen molar-refractivity contribution in [3.63, 3.8) is 0 Å². The molecule has 0 amide bonds. The highest BCUT2D eigenvalue weighted by atomic mass is 16.5. The molecule has 1 aliphatic heterocycles. The zero-order chi connectivity index (χ0) is 13.7. The number of rotatable bonds is 6. The smallest absolute Gasteiger partial charge is 0.243 e. The van der Waals surface area contributed by atoms with Crippen LogP contribution in [-0.4, -0.2) is 47.3 Å². The summed E-state index contributed by atoms with van der Waals surface area (Å²) < 4.78 is 5.32. The lowest BCUT2D eigenvalue weighted by Gasteiger charge is -2.20. The Morgan fingerprint density at radius 1 is 1.26 bits per heavy atom. The number of ether oxygens (including phenoxy) is 1. The van der Waals surface area contributed by atoms with Crippen molar-refractivity contribution in [3.8, 4) is 0 Å². The molecule has 19 heavy (non-hydrogen) atoms. The van der Waals surface area contributed by atoms with Crippen molar-refractivity contribution in [1.82, 2.24) is 15.0 Å². The maximum atomic E-state index is 5.41. The van der Waals surface area contributed by atoms with E-state index in [0.29, 0.717) is 24.5 Å². The summed E-state index contributed by atoms with van der Waals surface area (Å²) in [5.41, 5.74) is 2.48. The fourth-order valence-electron chi connectivity index (χ4n) is 1.97. The first-order valence-corrected chi connectivity index (χ1v) is 6.58. The molecule has 8 nitrogen and oxygen atoms in total. The van der Waals surface area contributed by atoms with Gasteiger partial charge in [0.25, 0.3) is 0 Å². The van der Waals surface area contributed by atoms with E-state index < -0.39 is 0 Å². The third-order valence-corrected chi connectivity index (χ3v) is 3.06.